The van der Waals surface area contributed by atoms with Crippen LogP contribution in [0.5, 0.6) is 0 Å². The van der Waals surface area contributed by atoms with Crippen LogP contribution in [-0.2, 0) is 16.2 Å². The van der Waals surface area contributed by atoms with E-state index >= 15 is 0 Å². The van der Waals surface area contributed by atoms with Crippen LogP contribution in [-0.4, -0.2) is 14.3 Å². The molecule has 1 heterocycles. The van der Waals surface area contributed by atoms with E-state index in [4.69, 9.17) is 9.56 Å². The molecule has 2 aromatic carbocycles. The number of benzene rings is 2. The minimum Gasteiger partial charge on any atom is -0.451 e. The first-order chi connectivity index (χ1) is 13.9. The highest BCUT2D eigenvalue weighted by Crippen LogP contribution is 2.32. The average Bonchev–Trinajstić information content (AvgIpc) is 3.17. The van der Waals surface area contributed by atoms with E-state index in [1.54, 1.807) is 6.92 Å². The fraction of sp³-hybridized carbons (Fsp3) is 0.150. The summed E-state index contributed by atoms with van der Waals surface area (Å²) < 4.78 is 66.7. The minimum absolute atomic E-state index is 0.0541. The molecule has 30 heavy (non-hydrogen) atoms. The second kappa shape index (κ2) is 7.96. The number of carbonyl (C=O) groups is 1. The number of amides is 1. The summed E-state index contributed by atoms with van der Waals surface area (Å²) in [5.74, 6) is -0.525. The van der Waals surface area contributed by atoms with Crippen molar-refractivity contribution in [1.82, 2.24) is 5.32 Å². The Morgan fingerprint density at radius 2 is 1.73 bits per heavy atom. The standard InChI is InChI=1S/C20H17F3N2O4S/c1-12(13-5-7-16(8-6-13)30(24,27)28)25-19(26)18-10-9-17(29-18)14-3-2-4-15(11-14)20(21,22)23/h2-12H,1H3,(H,25,26)(H2,24,27,28)/t12-/m1/s1. The summed E-state index contributed by atoms with van der Waals surface area (Å²) in [7, 11) is -3.82. The van der Waals surface area contributed by atoms with Crippen LogP contribution in [0.4, 0.5) is 13.2 Å². The van der Waals surface area contributed by atoms with Gasteiger partial charge in [-0.1, -0.05) is 24.3 Å². The van der Waals surface area contributed by atoms with Crippen molar-refractivity contribution < 1.29 is 30.8 Å². The molecule has 10 heteroatoms. The molecule has 0 saturated carbocycles. The maximum Gasteiger partial charge on any atom is 0.416 e. The van der Waals surface area contributed by atoms with Crippen molar-refractivity contribution in [2.24, 2.45) is 5.14 Å². The molecule has 1 atom stereocenters. The van der Waals surface area contributed by atoms with Crippen molar-refractivity contribution in [3.05, 3.63) is 77.6 Å². The van der Waals surface area contributed by atoms with Crippen molar-refractivity contribution in [1.29, 1.82) is 0 Å². The summed E-state index contributed by atoms with van der Waals surface area (Å²) in [6.07, 6.45) is -4.49. The molecule has 0 saturated heterocycles. The summed E-state index contributed by atoms with van der Waals surface area (Å²) in [5.41, 5.74) is -0.00474. The molecule has 0 unspecified atom stereocenters. The maximum absolute atomic E-state index is 12.9. The molecule has 158 valence electrons. The molecule has 0 fully saturated rings. The third-order valence-corrected chi connectivity index (χ3v) is 5.29. The molecule has 1 aromatic heterocycles. The fourth-order valence-electron chi connectivity index (χ4n) is 2.76. The third kappa shape index (κ3) is 4.89. The number of nitrogens with one attached hydrogen (secondary N) is 1. The van der Waals surface area contributed by atoms with Crippen molar-refractivity contribution >= 4 is 15.9 Å². The monoisotopic (exact) mass is 438 g/mol. The predicted octanol–water partition coefficient (Wildman–Crippen LogP) is 4.10. The Kier molecular flexibility index (Phi) is 5.73. The van der Waals surface area contributed by atoms with Crippen molar-refractivity contribution in [3.63, 3.8) is 0 Å². The van der Waals surface area contributed by atoms with Crippen LogP contribution in [0.2, 0.25) is 0 Å². The number of primary sulfonamides is 1. The lowest BCUT2D eigenvalue weighted by molar-refractivity contribution is -0.137. The summed E-state index contributed by atoms with van der Waals surface area (Å²) in [6.45, 7) is 1.68. The van der Waals surface area contributed by atoms with Crippen LogP contribution in [0.25, 0.3) is 11.3 Å². The predicted molar refractivity (Wildman–Crippen MR) is 103 cm³/mol. The highest BCUT2D eigenvalue weighted by Gasteiger charge is 2.30. The molecule has 0 aliphatic rings. The van der Waals surface area contributed by atoms with Gasteiger partial charge in [0.2, 0.25) is 10.0 Å². The van der Waals surface area contributed by atoms with E-state index in [9.17, 15) is 26.4 Å². The van der Waals surface area contributed by atoms with Crippen molar-refractivity contribution in [2.45, 2.75) is 24.0 Å². The summed E-state index contributed by atoms with van der Waals surface area (Å²) in [6, 6.07) is 12.6. The van der Waals surface area contributed by atoms with Crippen LogP contribution in [0.3, 0.4) is 0 Å². The first-order valence-electron chi connectivity index (χ1n) is 8.66. The normalized spacial score (nSPS) is 13.1. The van der Waals surface area contributed by atoms with Crippen LogP contribution in [0.1, 0.15) is 34.6 Å². The third-order valence-electron chi connectivity index (χ3n) is 4.36. The van der Waals surface area contributed by atoms with Gasteiger partial charge in [-0.25, -0.2) is 13.6 Å². The van der Waals surface area contributed by atoms with Crippen LogP contribution in [0.15, 0.2) is 70.0 Å². The average molecular weight is 438 g/mol. The van der Waals surface area contributed by atoms with Gasteiger partial charge in [-0.05, 0) is 48.9 Å². The Bertz CT molecular complexity index is 1170. The smallest absolute Gasteiger partial charge is 0.416 e. The highest BCUT2D eigenvalue weighted by atomic mass is 32.2. The number of rotatable bonds is 5. The molecule has 3 aromatic rings. The van der Waals surface area contributed by atoms with E-state index < -0.39 is 33.7 Å². The van der Waals surface area contributed by atoms with Gasteiger partial charge in [0.1, 0.15) is 5.76 Å². The zero-order chi connectivity index (χ0) is 22.1. The van der Waals surface area contributed by atoms with Gasteiger partial charge >= 0.3 is 6.18 Å². The minimum atomic E-state index is -4.49. The molecular formula is C20H17F3N2O4S. The molecule has 3 N–H and O–H groups in total. The van der Waals surface area contributed by atoms with E-state index in [-0.39, 0.29) is 22.0 Å². The quantitative estimate of drug-likeness (QED) is 0.626. The molecule has 0 radical (unpaired) electrons. The summed E-state index contributed by atoms with van der Waals surface area (Å²) >= 11 is 0. The number of hydrogen-bond acceptors (Lipinski definition) is 4. The molecule has 3 rings (SSSR count). The number of furan rings is 1. The van der Waals surface area contributed by atoms with Gasteiger partial charge in [0.25, 0.3) is 5.91 Å². The summed E-state index contributed by atoms with van der Waals surface area (Å²) in [4.78, 5) is 12.4. The first-order valence-corrected chi connectivity index (χ1v) is 10.2. The largest absolute Gasteiger partial charge is 0.451 e. The number of carbonyl (C=O) groups excluding carboxylic acids is 1. The van der Waals surface area contributed by atoms with Crippen LogP contribution in [0, 0.1) is 0 Å². The first kappa shape index (κ1) is 21.6. The Morgan fingerprint density at radius 3 is 2.33 bits per heavy atom. The van der Waals surface area contributed by atoms with Gasteiger partial charge in [0, 0.05) is 5.56 Å². The van der Waals surface area contributed by atoms with E-state index in [1.807, 2.05) is 0 Å². The Hall–Kier alpha value is -3.11. The lowest BCUT2D eigenvalue weighted by Crippen LogP contribution is -2.26. The molecular weight excluding hydrogens is 421 g/mol. The Balaban J connectivity index is 1.74. The highest BCUT2D eigenvalue weighted by molar-refractivity contribution is 7.89. The molecule has 0 spiro atoms. The van der Waals surface area contributed by atoms with E-state index in [0.717, 1.165) is 12.1 Å². The lowest BCUT2D eigenvalue weighted by Gasteiger charge is -2.13. The van der Waals surface area contributed by atoms with E-state index in [2.05, 4.69) is 5.32 Å². The van der Waals surface area contributed by atoms with Crippen molar-refractivity contribution in [2.75, 3.05) is 0 Å². The molecule has 0 aliphatic heterocycles. The Labute approximate surface area is 170 Å². The zero-order valence-corrected chi connectivity index (χ0v) is 16.4. The van der Waals surface area contributed by atoms with Gasteiger partial charge in [0.05, 0.1) is 16.5 Å². The Morgan fingerprint density at radius 1 is 1.07 bits per heavy atom. The molecule has 0 bridgehead atoms. The van der Waals surface area contributed by atoms with E-state index in [1.165, 1.54) is 48.5 Å². The number of alkyl halides is 3. The zero-order valence-electron chi connectivity index (χ0n) is 15.6. The fourth-order valence-corrected chi connectivity index (χ4v) is 3.28. The SMILES string of the molecule is C[C@@H](NC(=O)c1ccc(-c2cccc(C(F)(F)F)c2)o1)c1ccc(S(N)(=O)=O)cc1. The van der Waals surface area contributed by atoms with Gasteiger partial charge in [-0.15, -0.1) is 0 Å². The second-order valence-corrected chi connectivity index (χ2v) is 8.11. The molecule has 6 nitrogen and oxygen atoms in total. The number of hydrogen-bond donors (Lipinski definition) is 2. The number of sulfonamides is 1. The van der Waals surface area contributed by atoms with Gasteiger partial charge in [0.15, 0.2) is 5.76 Å². The van der Waals surface area contributed by atoms with Gasteiger partial charge in [-0.2, -0.15) is 13.2 Å². The number of nitrogens with two attached hydrogens (primary N) is 1. The second-order valence-electron chi connectivity index (χ2n) is 6.55. The van der Waals surface area contributed by atoms with Gasteiger partial charge in [-0.3, -0.25) is 4.79 Å². The lowest BCUT2D eigenvalue weighted by atomic mass is 10.1. The van der Waals surface area contributed by atoms with Crippen LogP contribution < -0.4 is 10.5 Å². The number of halogens is 3. The van der Waals surface area contributed by atoms with Crippen molar-refractivity contribution in [3.8, 4) is 11.3 Å². The van der Waals surface area contributed by atoms with Crippen LogP contribution >= 0.6 is 0 Å². The molecule has 1 amide bonds. The van der Waals surface area contributed by atoms with Gasteiger partial charge < -0.3 is 9.73 Å². The molecule has 0 aliphatic carbocycles. The topological polar surface area (TPSA) is 102 Å². The summed E-state index contributed by atoms with van der Waals surface area (Å²) in [5, 5.41) is 7.73. The van der Waals surface area contributed by atoms with E-state index in [0.29, 0.717) is 5.56 Å². The maximum atomic E-state index is 12.9.